The van der Waals surface area contributed by atoms with Gasteiger partial charge in [0.1, 0.15) is 6.10 Å². The van der Waals surface area contributed by atoms with Gasteiger partial charge in [-0.15, -0.1) is 0 Å². The van der Waals surface area contributed by atoms with Gasteiger partial charge in [0.25, 0.3) is 0 Å². The second kappa shape index (κ2) is 8.82. The van der Waals surface area contributed by atoms with Gasteiger partial charge in [-0.25, -0.2) is 4.79 Å². The molecule has 0 radical (unpaired) electrons. The zero-order valence-electron chi connectivity index (χ0n) is 19.7. The topological polar surface area (TPSA) is 44.8 Å². The first-order chi connectivity index (χ1) is 12.5. The van der Waals surface area contributed by atoms with Gasteiger partial charge < -0.3 is 13.6 Å². The van der Waals surface area contributed by atoms with Crippen molar-refractivity contribution in [1.29, 1.82) is 0 Å². The molecule has 2 atom stereocenters. The van der Waals surface area contributed by atoms with Gasteiger partial charge in [-0.05, 0) is 41.8 Å². The normalized spacial score (nSPS) is 15.8. The maximum absolute atomic E-state index is 12.9. The fourth-order valence-corrected chi connectivity index (χ4v) is 4.74. The highest BCUT2D eigenvalue weighted by molar-refractivity contribution is 6.74. The molecule has 0 aliphatic rings. The van der Waals surface area contributed by atoms with E-state index in [0.717, 1.165) is 5.56 Å². The van der Waals surface area contributed by atoms with Gasteiger partial charge >= 0.3 is 5.97 Å². The van der Waals surface area contributed by atoms with Crippen LogP contribution in [0.15, 0.2) is 30.3 Å². The SMILES string of the molecule is COC(=O)[C@H](O[Si](C)(C)C(C)(C)C)[C@@H](O[Si](C)(C)C(C)(C)C)c1ccccc1. The monoisotopic (exact) mass is 424 g/mol. The summed E-state index contributed by atoms with van der Waals surface area (Å²) in [7, 11) is -2.98. The molecule has 0 aliphatic heterocycles. The molecule has 0 heterocycles. The van der Waals surface area contributed by atoms with Crippen molar-refractivity contribution in [3.05, 3.63) is 35.9 Å². The maximum Gasteiger partial charge on any atom is 0.336 e. The van der Waals surface area contributed by atoms with Crippen LogP contribution in [0.4, 0.5) is 0 Å². The maximum atomic E-state index is 12.9. The summed E-state index contributed by atoms with van der Waals surface area (Å²) in [6.07, 6.45) is -1.29. The molecule has 0 saturated heterocycles. The lowest BCUT2D eigenvalue weighted by molar-refractivity contribution is -0.154. The van der Waals surface area contributed by atoms with E-state index in [4.69, 9.17) is 13.6 Å². The summed E-state index contributed by atoms with van der Waals surface area (Å²) in [6, 6.07) is 9.91. The van der Waals surface area contributed by atoms with Crippen LogP contribution in [0, 0.1) is 0 Å². The van der Waals surface area contributed by atoms with Crippen LogP contribution in [0.3, 0.4) is 0 Å². The van der Waals surface area contributed by atoms with Gasteiger partial charge in [0.2, 0.25) is 0 Å². The van der Waals surface area contributed by atoms with Crippen LogP contribution in [0.25, 0.3) is 0 Å². The predicted octanol–water partition coefficient (Wildman–Crippen LogP) is 6.31. The molecule has 0 bridgehead atoms. The molecule has 1 aromatic carbocycles. The third-order valence-corrected chi connectivity index (χ3v) is 15.2. The number of ether oxygens (including phenoxy) is 1. The van der Waals surface area contributed by atoms with Crippen molar-refractivity contribution in [2.24, 2.45) is 0 Å². The van der Waals surface area contributed by atoms with Crippen LogP contribution in [0.2, 0.25) is 36.3 Å². The zero-order chi connectivity index (χ0) is 22.0. The Hall–Kier alpha value is -0.956. The van der Waals surface area contributed by atoms with Crippen LogP contribution in [0.1, 0.15) is 53.2 Å². The molecule has 0 aromatic heterocycles. The lowest BCUT2D eigenvalue weighted by atomic mass is 10.0. The van der Waals surface area contributed by atoms with Gasteiger partial charge in [-0.3, -0.25) is 0 Å². The molecular formula is C22H40O4Si2. The Morgan fingerprint density at radius 1 is 0.821 bits per heavy atom. The Morgan fingerprint density at radius 3 is 1.64 bits per heavy atom. The molecule has 28 heavy (non-hydrogen) atoms. The largest absolute Gasteiger partial charge is 0.467 e. The van der Waals surface area contributed by atoms with Crippen molar-refractivity contribution in [3.63, 3.8) is 0 Å². The first-order valence-corrected chi connectivity index (χ1v) is 15.8. The molecule has 160 valence electrons. The van der Waals surface area contributed by atoms with Crippen molar-refractivity contribution in [3.8, 4) is 0 Å². The van der Waals surface area contributed by atoms with E-state index in [1.807, 2.05) is 30.3 Å². The fourth-order valence-electron chi connectivity index (χ4n) is 2.29. The average Bonchev–Trinajstić information content (AvgIpc) is 2.56. The Bertz CT molecular complexity index is 643. The number of carbonyl (C=O) groups is 1. The number of hydrogen-bond acceptors (Lipinski definition) is 4. The minimum Gasteiger partial charge on any atom is -0.467 e. The number of esters is 1. The number of methoxy groups -OCH3 is 1. The van der Waals surface area contributed by atoms with Crippen molar-refractivity contribution < 1.29 is 18.4 Å². The van der Waals surface area contributed by atoms with Crippen molar-refractivity contribution in [1.82, 2.24) is 0 Å². The van der Waals surface area contributed by atoms with Gasteiger partial charge in [-0.2, -0.15) is 0 Å². The van der Waals surface area contributed by atoms with Crippen LogP contribution in [-0.4, -0.2) is 35.8 Å². The van der Waals surface area contributed by atoms with E-state index in [9.17, 15) is 4.79 Å². The van der Waals surface area contributed by atoms with E-state index in [1.54, 1.807) is 0 Å². The summed E-state index contributed by atoms with van der Waals surface area (Å²) >= 11 is 0. The summed E-state index contributed by atoms with van der Waals surface area (Å²) in [5.41, 5.74) is 0.946. The molecule has 1 rings (SSSR count). The minimum absolute atomic E-state index is 0.0116. The lowest BCUT2D eigenvalue weighted by Crippen LogP contribution is -2.51. The molecule has 0 N–H and O–H groups in total. The van der Waals surface area contributed by atoms with E-state index in [2.05, 4.69) is 67.7 Å². The summed E-state index contributed by atoms with van der Waals surface area (Å²) in [4.78, 5) is 12.9. The number of hydrogen-bond donors (Lipinski definition) is 0. The Balaban J connectivity index is 3.46. The third kappa shape index (κ3) is 6.02. The molecule has 4 nitrogen and oxygen atoms in total. The van der Waals surface area contributed by atoms with Crippen LogP contribution in [-0.2, 0) is 18.4 Å². The van der Waals surface area contributed by atoms with E-state index < -0.39 is 28.8 Å². The minimum atomic E-state index is -2.23. The summed E-state index contributed by atoms with van der Waals surface area (Å²) < 4.78 is 18.5. The fraction of sp³-hybridized carbons (Fsp3) is 0.682. The quantitative estimate of drug-likeness (QED) is 0.380. The highest BCUT2D eigenvalue weighted by Crippen LogP contribution is 2.43. The molecule has 6 heteroatoms. The van der Waals surface area contributed by atoms with Gasteiger partial charge in [0.05, 0.1) is 7.11 Å². The van der Waals surface area contributed by atoms with Crippen LogP contribution < -0.4 is 0 Å². The smallest absolute Gasteiger partial charge is 0.336 e. The first kappa shape index (κ1) is 25.1. The van der Waals surface area contributed by atoms with Crippen LogP contribution >= 0.6 is 0 Å². The molecule has 0 saturated carbocycles. The molecule has 0 amide bonds. The molecule has 1 aromatic rings. The molecule has 0 fully saturated rings. The first-order valence-electron chi connectivity index (χ1n) is 10.0. The van der Waals surface area contributed by atoms with Crippen LogP contribution in [0.5, 0.6) is 0 Å². The Morgan fingerprint density at radius 2 is 1.25 bits per heavy atom. The van der Waals surface area contributed by atoms with E-state index >= 15 is 0 Å². The van der Waals surface area contributed by atoms with Gasteiger partial charge in [0.15, 0.2) is 22.7 Å². The van der Waals surface area contributed by atoms with Gasteiger partial charge in [-0.1, -0.05) is 71.9 Å². The van der Waals surface area contributed by atoms with Crippen molar-refractivity contribution in [2.75, 3.05) is 7.11 Å². The van der Waals surface area contributed by atoms with E-state index in [-0.39, 0.29) is 16.0 Å². The standard InChI is InChI=1S/C22H40O4Si2/c1-21(2,3)27(8,9)25-18(17-15-13-12-14-16-17)19(20(23)24-7)26-28(10,11)22(4,5)6/h12-16,18-19H,1-11H3/t18-,19+/m0/s1. The summed E-state index contributed by atoms with van der Waals surface area (Å²) in [5, 5.41) is -0.0187. The average molecular weight is 425 g/mol. The predicted molar refractivity (Wildman–Crippen MR) is 122 cm³/mol. The summed E-state index contributed by atoms with van der Waals surface area (Å²) in [6.45, 7) is 21.8. The molecule has 0 spiro atoms. The third-order valence-electron chi connectivity index (χ3n) is 6.29. The second-order valence-corrected chi connectivity index (χ2v) is 20.0. The van der Waals surface area contributed by atoms with Crippen molar-refractivity contribution in [2.45, 2.75) is 90.0 Å². The number of carbonyl (C=O) groups excluding carboxylic acids is 1. The number of rotatable bonds is 7. The van der Waals surface area contributed by atoms with Crippen molar-refractivity contribution >= 4 is 22.6 Å². The molecular weight excluding hydrogens is 384 g/mol. The number of benzene rings is 1. The van der Waals surface area contributed by atoms with Gasteiger partial charge in [0, 0.05) is 0 Å². The molecule has 0 unspecified atom stereocenters. The van der Waals surface area contributed by atoms with E-state index in [1.165, 1.54) is 7.11 Å². The highest BCUT2D eigenvalue weighted by Gasteiger charge is 2.47. The Labute approximate surface area is 174 Å². The second-order valence-electron chi connectivity index (χ2n) is 10.5. The summed E-state index contributed by atoms with van der Waals surface area (Å²) in [5.74, 6) is -0.377. The lowest BCUT2D eigenvalue weighted by Gasteiger charge is -2.44. The Kier molecular flexibility index (Phi) is 7.90. The zero-order valence-corrected chi connectivity index (χ0v) is 21.7. The molecule has 0 aliphatic carbocycles. The highest BCUT2D eigenvalue weighted by atomic mass is 28.4. The van der Waals surface area contributed by atoms with E-state index in [0.29, 0.717) is 0 Å².